The summed E-state index contributed by atoms with van der Waals surface area (Å²) in [5, 5.41) is 13.9. The molecular formula is C19H28N4O. The van der Waals surface area contributed by atoms with Crippen LogP contribution in [-0.2, 0) is 13.1 Å². The lowest BCUT2D eigenvalue weighted by Gasteiger charge is -2.36. The Morgan fingerprint density at radius 3 is 2.62 bits per heavy atom. The number of hydrogen-bond acceptors (Lipinski definition) is 4. The fourth-order valence-corrected chi connectivity index (χ4v) is 3.46. The summed E-state index contributed by atoms with van der Waals surface area (Å²) >= 11 is 0. The molecule has 1 fully saturated rings. The smallest absolute Gasteiger partial charge is 0.0659 e. The van der Waals surface area contributed by atoms with Gasteiger partial charge in [-0.15, -0.1) is 0 Å². The van der Waals surface area contributed by atoms with E-state index >= 15 is 0 Å². The van der Waals surface area contributed by atoms with Crippen LogP contribution in [0, 0.1) is 0 Å². The van der Waals surface area contributed by atoms with Gasteiger partial charge in [-0.05, 0) is 38.5 Å². The molecule has 0 aliphatic carbocycles. The summed E-state index contributed by atoms with van der Waals surface area (Å²) in [6.07, 6.45) is 6.44. The van der Waals surface area contributed by atoms with Crippen LogP contribution < -0.4 is 0 Å². The van der Waals surface area contributed by atoms with E-state index in [-0.39, 0.29) is 6.61 Å². The highest BCUT2D eigenvalue weighted by molar-refractivity contribution is 5.15. The maximum atomic E-state index is 9.42. The number of benzene rings is 1. The molecular weight excluding hydrogens is 300 g/mol. The van der Waals surface area contributed by atoms with Crippen molar-refractivity contribution in [2.45, 2.75) is 32.0 Å². The Labute approximate surface area is 144 Å². The van der Waals surface area contributed by atoms with Crippen molar-refractivity contribution >= 4 is 0 Å². The first-order valence-corrected chi connectivity index (χ1v) is 8.83. The first-order valence-electron chi connectivity index (χ1n) is 8.83. The highest BCUT2D eigenvalue weighted by atomic mass is 16.3. The van der Waals surface area contributed by atoms with Crippen LogP contribution in [0.2, 0.25) is 0 Å². The Hall–Kier alpha value is -1.69. The molecule has 130 valence electrons. The van der Waals surface area contributed by atoms with Crippen molar-refractivity contribution in [2.75, 3.05) is 33.3 Å². The van der Waals surface area contributed by atoms with E-state index < -0.39 is 0 Å². The second-order valence-corrected chi connectivity index (χ2v) is 6.76. The predicted molar refractivity (Wildman–Crippen MR) is 95.8 cm³/mol. The SMILES string of the molecule is CN1CCC(N(CCO)Cc2cnn(Cc3ccccc3)c2)CC1. The zero-order chi connectivity index (χ0) is 16.8. The molecule has 3 rings (SSSR count). The standard InChI is InChI=1S/C19H28N4O/c1-21-9-7-19(8-10-21)22(11-12-24)14-18-13-20-23(16-18)15-17-5-3-2-4-6-17/h2-6,13,16,19,24H,7-12,14-15H2,1H3. The zero-order valence-electron chi connectivity index (χ0n) is 14.5. The average Bonchev–Trinajstić information content (AvgIpc) is 3.03. The number of hydrogen-bond donors (Lipinski definition) is 1. The number of piperidine rings is 1. The minimum atomic E-state index is 0.213. The molecule has 1 aromatic heterocycles. The van der Waals surface area contributed by atoms with Gasteiger partial charge >= 0.3 is 0 Å². The van der Waals surface area contributed by atoms with Crippen molar-refractivity contribution in [3.63, 3.8) is 0 Å². The summed E-state index contributed by atoms with van der Waals surface area (Å²) in [6.45, 7) is 4.89. The number of likely N-dealkylation sites (tertiary alicyclic amines) is 1. The monoisotopic (exact) mass is 328 g/mol. The van der Waals surface area contributed by atoms with E-state index in [0.29, 0.717) is 6.04 Å². The Morgan fingerprint density at radius 1 is 1.17 bits per heavy atom. The molecule has 1 N–H and O–H groups in total. The molecule has 24 heavy (non-hydrogen) atoms. The summed E-state index contributed by atoms with van der Waals surface area (Å²) < 4.78 is 2.00. The summed E-state index contributed by atoms with van der Waals surface area (Å²) in [4.78, 5) is 4.79. The van der Waals surface area contributed by atoms with Crippen molar-refractivity contribution < 1.29 is 5.11 Å². The lowest BCUT2D eigenvalue weighted by Crippen LogP contribution is -2.44. The van der Waals surface area contributed by atoms with Crippen molar-refractivity contribution in [3.05, 3.63) is 53.9 Å². The van der Waals surface area contributed by atoms with E-state index in [1.54, 1.807) is 0 Å². The van der Waals surface area contributed by atoms with Gasteiger partial charge in [-0.3, -0.25) is 9.58 Å². The van der Waals surface area contributed by atoms with Crippen LogP contribution in [0.25, 0.3) is 0 Å². The molecule has 0 radical (unpaired) electrons. The second-order valence-electron chi connectivity index (χ2n) is 6.76. The first kappa shape index (κ1) is 17.1. The normalized spacial score (nSPS) is 16.8. The maximum absolute atomic E-state index is 9.42. The van der Waals surface area contributed by atoms with E-state index in [1.807, 2.05) is 16.9 Å². The molecule has 2 heterocycles. The third-order valence-corrected chi connectivity index (χ3v) is 4.85. The lowest BCUT2D eigenvalue weighted by molar-refractivity contribution is 0.0941. The topological polar surface area (TPSA) is 44.5 Å². The van der Waals surface area contributed by atoms with Crippen LogP contribution in [0.4, 0.5) is 0 Å². The second kappa shape index (κ2) is 8.42. The van der Waals surface area contributed by atoms with Gasteiger partial charge in [-0.1, -0.05) is 30.3 Å². The molecule has 0 spiro atoms. The number of rotatable bonds is 7. The van der Waals surface area contributed by atoms with Gasteiger partial charge in [0, 0.05) is 30.9 Å². The summed E-state index contributed by atoms with van der Waals surface area (Å²) in [5.74, 6) is 0. The van der Waals surface area contributed by atoms with Gasteiger partial charge in [0.2, 0.25) is 0 Å². The molecule has 2 aromatic rings. The van der Waals surface area contributed by atoms with Crippen molar-refractivity contribution in [1.82, 2.24) is 19.6 Å². The molecule has 0 saturated carbocycles. The average molecular weight is 328 g/mol. The highest BCUT2D eigenvalue weighted by Gasteiger charge is 2.23. The van der Waals surface area contributed by atoms with E-state index in [2.05, 4.69) is 52.4 Å². The quantitative estimate of drug-likeness (QED) is 0.842. The van der Waals surface area contributed by atoms with Gasteiger partial charge in [-0.25, -0.2) is 0 Å². The molecule has 1 aromatic carbocycles. The van der Waals surface area contributed by atoms with Crippen LogP contribution in [0.15, 0.2) is 42.7 Å². The maximum Gasteiger partial charge on any atom is 0.0659 e. The van der Waals surface area contributed by atoms with Gasteiger partial charge in [0.15, 0.2) is 0 Å². The minimum absolute atomic E-state index is 0.213. The van der Waals surface area contributed by atoms with E-state index in [1.165, 1.54) is 24.0 Å². The van der Waals surface area contributed by atoms with E-state index in [9.17, 15) is 5.11 Å². The highest BCUT2D eigenvalue weighted by Crippen LogP contribution is 2.18. The van der Waals surface area contributed by atoms with Gasteiger partial charge in [0.1, 0.15) is 0 Å². The van der Waals surface area contributed by atoms with Crippen LogP contribution in [-0.4, -0.2) is 64.0 Å². The largest absolute Gasteiger partial charge is 0.395 e. The zero-order valence-corrected chi connectivity index (χ0v) is 14.5. The van der Waals surface area contributed by atoms with Gasteiger partial charge < -0.3 is 10.0 Å². The molecule has 0 bridgehead atoms. The van der Waals surface area contributed by atoms with Crippen LogP contribution in [0.1, 0.15) is 24.0 Å². The van der Waals surface area contributed by atoms with Crippen molar-refractivity contribution in [1.29, 1.82) is 0 Å². The summed E-state index contributed by atoms with van der Waals surface area (Å²) in [7, 11) is 2.18. The number of aliphatic hydroxyl groups excluding tert-OH is 1. The van der Waals surface area contributed by atoms with E-state index in [4.69, 9.17) is 0 Å². The van der Waals surface area contributed by atoms with Crippen LogP contribution in [0.5, 0.6) is 0 Å². The number of nitrogens with zero attached hydrogens (tertiary/aromatic N) is 4. The molecule has 0 unspecified atom stereocenters. The Kier molecular flexibility index (Phi) is 6.01. The molecule has 1 aliphatic rings. The van der Waals surface area contributed by atoms with Crippen LogP contribution >= 0.6 is 0 Å². The van der Waals surface area contributed by atoms with Gasteiger partial charge in [-0.2, -0.15) is 5.10 Å². The molecule has 1 aliphatic heterocycles. The Morgan fingerprint density at radius 2 is 1.92 bits per heavy atom. The molecule has 0 amide bonds. The Balaban J connectivity index is 1.60. The lowest BCUT2D eigenvalue weighted by atomic mass is 10.0. The molecule has 1 saturated heterocycles. The third kappa shape index (κ3) is 4.66. The Bertz CT molecular complexity index is 605. The summed E-state index contributed by atoms with van der Waals surface area (Å²) in [5.41, 5.74) is 2.48. The molecule has 0 atom stereocenters. The predicted octanol–water partition coefficient (Wildman–Crippen LogP) is 1.82. The molecule has 5 heteroatoms. The fourth-order valence-electron chi connectivity index (χ4n) is 3.46. The van der Waals surface area contributed by atoms with Crippen molar-refractivity contribution in [2.24, 2.45) is 0 Å². The van der Waals surface area contributed by atoms with Crippen molar-refractivity contribution in [3.8, 4) is 0 Å². The van der Waals surface area contributed by atoms with Gasteiger partial charge in [0.25, 0.3) is 0 Å². The fraction of sp³-hybridized carbons (Fsp3) is 0.526. The minimum Gasteiger partial charge on any atom is -0.395 e. The number of aliphatic hydroxyl groups is 1. The number of aromatic nitrogens is 2. The van der Waals surface area contributed by atoms with E-state index in [0.717, 1.165) is 32.7 Å². The first-order chi connectivity index (χ1) is 11.7. The van der Waals surface area contributed by atoms with Gasteiger partial charge in [0.05, 0.1) is 19.3 Å². The third-order valence-electron chi connectivity index (χ3n) is 4.85. The molecule has 5 nitrogen and oxygen atoms in total. The van der Waals surface area contributed by atoms with Crippen LogP contribution in [0.3, 0.4) is 0 Å². The summed E-state index contributed by atoms with van der Waals surface area (Å²) in [6, 6.07) is 11.0.